The van der Waals surface area contributed by atoms with Crippen molar-refractivity contribution in [3.05, 3.63) is 29.3 Å². The van der Waals surface area contributed by atoms with E-state index in [1.165, 1.54) is 0 Å². The standard InChI is InChI=1S/C14H19NO/c1-4-5-6-9-16-14-8-7-13(12(3)15)10-11(14)2/h1,7-8,10,12H,5-6,9,15H2,2-3H3/t12-/m0/s1. The van der Waals surface area contributed by atoms with Crippen LogP contribution < -0.4 is 10.5 Å². The van der Waals surface area contributed by atoms with Crippen molar-refractivity contribution < 1.29 is 4.74 Å². The van der Waals surface area contributed by atoms with Gasteiger partial charge in [0, 0.05) is 12.5 Å². The van der Waals surface area contributed by atoms with E-state index in [-0.39, 0.29) is 6.04 Å². The third-order valence-corrected chi connectivity index (χ3v) is 2.45. The minimum Gasteiger partial charge on any atom is -0.493 e. The molecule has 86 valence electrons. The molecule has 0 saturated heterocycles. The van der Waals surface area contributed by atoms with Gasteiger partial charge in [-0.05, 0) is 37.5 Å². The molecule has 0 fully saturated rings. The Hall–Kier alpha value is -1.46. The number of hydrogen-bond donors (Lipinski definition) is 1. The Labute approximate surface area is 97.8 Å². The Morgan fingerprint density at radius 1 is 1.50 bits per heavy atom. The highest BCUT2D eigenvalue weighted by Gasteiger charge is 2.03. The molecule has 16 heavy (non-hydrogen) atoms. The van der Waals surface area contributed by atoms with Gasteiger partial charge in [0.2, 0.25) is 0 Å². The predicted molar refractivity (Wildman–Crippen MR) is 67.3 cm³/mol. The second kappa shape index (κ2) is 6.19. The number of unbranched alkanes of at least 4 members (excludes halogenated alkanes) is 1. The maximum atomic E-state index is 5.81. The molecule has 1 aromatic rings. The summed E-state index contributed by atoms with van der Waals surface area (Å²) in [7, 11) is 0. The van der Waals surface area contributed by atoms with Gasteiger partial charge in [0.05, 0.1) is 6.61 Å². The highest BCUT2D eigenvalue weighted by atomic mass is 16.5. The zero-order valence-electron chi connectivity index (χ0n) is 9.99. The third kappa shape index (κ3) is 3.60. The van der Waals surface area contributed by atoms with E-state index in [0.29, 0.717) is 6.61 Å². The van der Waals surface area contributed by atoms with Crippen molar-refractivity contribution in [1.29, 1.82) is 0 Å². The lowest BCUT2D eigenvalue weighted by Crippen LogP contribution is -2.06. The number of terminal acetylenes is 1. The van der Waals surface area contributed by atoms with Crippen LogP contribution in [-0.2, 0) is 0 Å². The van der Waals surface area contributed by atoms with E-state index in [4.69, 9.17) is 16.9 Å². The van der Waals surface area contributed by atoms with Crippen LogP contribution in [0.5, 0.6) is 5.75 Å². The maximum Gasteiger partial charge on any atom is 0.122 e. The van der Waals surface area contributed by atoms with Gasteiger partial charge in [-0.25, -0.2) is 0 Å². The Morgan fingerprint density at radius 3 is 2.81 bits per heavy atom. The van der Waals surface area contributed by atoms with E-state index in [2.05, 4.69) is 12.0 Å². The van der Waals surface area contributed by atoms with Crippen molar-refractivity contribution in [2.45, 2.75) is 32.7 Å². The molecule has 0 spiro atoms. The van der Waals surface area contributed by atoms with E-state index in [1.807, 2.05) is 26.0 Å². The average molecular weight is 217 g/mol. The molecule has 1 rings (SSSR count). The number of aryl methyl sites for hydroxylation is 1. The third-order valence-electron chi connectivity index (χ3n) is 2.45. The van der Waals surface area contributed by atoms with Crippen molar-refractivity contribution in [1.82, 2.24) is 0 Å². The van der Waals surface area contributed by atoms with Crippen LogP contribution in [0.4, 0.5) is 0 Å². The first-order chi connectivity index (χ1) is 7.65. The van der Waals surface area contributed by atoms with Gasteiger partial charge in [-0.2, -0.15) is 0 Å². The van der Waals surface area contributed by atoms with E-state index < -0.39 is 0 Å². The lowest BCUT2D eigenvalue weighted by atomic mass is 10.1. The van der Waals surface area contributed by atoms with Crippen molar-refractivity contribution in [3.63, 3.8) is 0 Å². The molecule has 0 saturated carbocycles. The van der Waals surface area contributed by atoms with Crippen LogP contribution in [0.25, 0.3) is 0 Å². The first-order valence-corrected chi connectivity index (χ1v) is 5.57. The molecule has 0 bridgehead atoms. The second-order valence-corrected chi connectivity index (χ2v) is 3.97. The van der Waals surface area contributed by atoms with Gasteiger partial charge in [0.15, 0.2) is 0 Å². The van der Waals surface area contributed by atoms with Gasteiger partial charge >= 0.3 is 0 Å². The van der Waals surface area contributed by atoms with Gasteiger partial charge in [-0.1, -0.05) is 12.1 Å². The topological polar surface area (TPSA) is 35.2 Å². The molecule has 2 nitrogen and oxygen atoms in total. The summed E-state index contributed by atoms with van der Waals surface area (Å²) in [5, 5.41) is 0. The van der Waals surface area contributed by atoms with E-state index in [0.717, 1.165) is 29.7 Å². The fourth-order valence-electron chi connectivity index (χ4n) is 1.47. The van der Waals surface area contributed by atoms with Gasteiger partial charge in [-0.3, -0.25) is 0 Å². The molecular formula is C14H19NO. The van der Waals surface area contributed by atoms with Crippen LogP contribution in [0.2, 0.25) is 0 Å². The molecule has 0 aliphatic carbocycles. The van der Waals surface area contributed by atoms with Gasteiger partial charge < -0.3 is 10.5 Å². The molecule has 2 heteroatoms. The van der Waals surface area contributed by atoms with Crippen LogP contribution in [0, 0.1) is 19.3 Å². The quantitative estimate of drug-likeness (QED) is 0.608. The fourth-order valence-corrected chi connectivity index (χ4v) is 1.47. The number of benzene rings is 1. The first-order valence-electron chi connectivity index (χ1n) is 5.57. The molecule has 0 unspecified atom stereocenters. The average Bonchev–Trinajstić information content (AvgIpc) is 2.26. The summed E-state index contributed by atoms with van der Waals surface area (Å²) in [4.78, 5) is 0. The molecule has 0 heterocycles. The zero-order chi connectivity index (χ0) is 12.0. The monoisotopic (exact) mass is 217 g/mol. The molecule has 1 atom stereocenters. The molecule has 0 aliphatic heterocycles. The highest BCUT2D eigenvalue weighted by Crippen LogP contribution is 2.21. The summed E-state index contributed by atoms with van der Waals surface area (Å²) in [5.41, 5.74) is 8.06. The Balaban J connectivity index is 2.58. The van der Waals surface area contributed by atoms with Crippen molar-refractivity contribution in [3.8, 4) is 18.1 Å². The van der Waals surface area contributed by atoms with Gasteiger partial charge in [0.25, 0.3) is 0 Å². The Bertz CT molecular complexity index is 377. The van der Waals surface area contributed by atoms with Crippen LogP contribution in [-0.4, -0.2) is 6.61 Å². The van der Waals surface area contributed by atoms with E-state index in [9.17, 15) is 0 Å². The largest absolute Gasteiger partial charge is 0.493 e. The van der Waals surface area contributed by atoms with Crippen molar-refractivity contribution >= 4 is 0 Å². The van der Waals surface area contributed by atoms with Crippen LogP contribution >= 0.6 is 0 Å². The van der Waals surface area contributed by atoms with Gasteiger partial charge in [-0.15, -0.1) is 12.3 Å². The molecule has 1 aromatic carbocycles. The first kappa shape index (κ1) is 12.6. The molecule has 0 aliphatic rings. The molecule has 0 aromatic heterocycles. The molecule has 0 amide bonds. The zero-order valence-corrected chi connectivity index (χ0v) is 9.99. The normalized spacial score (nSPS) is 11.9. The van der Waals surface area contributed by atoms with E-state index >= 15 is 0 Å². The number of nitrogens with two attached hydrogens (primary N) is 1. The summed E-state index contributed by atoms with van der Waals surface area (Å²) in [5.74, 6) is 3.51. The fraction of sp³-hybridized carbons (Fsp3) is 0.429. The summed E-state index contributed by atoms with van der Waals surface area (Å²) in [6.45, 7) is 4.67. The molecule has 0 radical (unpaired) electrons. The predicted octanol–water partition coefficient (Wildman–Crippen LogP) is 2.81. The maximum absolute atomic E-state index is 5.81. The molecule has 2 N–H and O–H groups in total. The summed E-state index contributed by atoms with van der Waals surface area (Å²) in [6.07, 6.45) is 6.83. The van der Waals surface area contributed by atoms with Crippen LogP contribution in [0.1, 0.15) is 36.9 Å². The number of ether oxygens (including phenoxy) is 1. The number of hydrogen-bond acceptors (Lipinski definition) is 2. The second-order valence-electron chi connectivity index (χ2n) is 3.97. The Kier molecular flexibility index (Phi) is 4.88. The molecular weight excluding hydrogens is 198 g/mol. The number of rotatable bonds is 5. The van der Waals surface area contributed by atoms with E-state index in [1.54, 1.807) is 0 Å². The van der Waals surface area contributed by atoms with Gasteiger partial charge in [0.1, 0.15) is 5.75 Å². The lowest BCUT2D eigenvalue weighted by Gasteiger charge is -2.11. The highest BCUT2D eigenvalue weighted by molar-refractivity contribution is 5.37. The van der Waals surface area contributed by atoms with Crippen molar-refractivity contribution in [2.24, 2.45) is 5.73 Å². The summed E-state index contributed by atoms with van der Waals surface area (Å²) in [6, 6.07) is 6.12. The Morgan fingerprint density at radius 2 is 2.25 bits per heavy atom. The SMILES string of the molecule is C#CCCCOc1ccc([C@H](C)N)cc1C. The smallest absolute Gasteiger partial charge is 0.122 e. The van der Waals surface area contributed by atoms with Crippen LogP contribution in [0.3, 0.4) is 0 Å². The lowest BCUT2D eigenvalue weighted by molar-refractivity contribution is 0.311. The summed E-state index contributed by atoms with van der Waals surface area (Å²) >= 11 is 0. The van der Waals surface area contributed by atoms with Crippen LogP contribution in [0.15, 0.2) is 18.2 Å². The minimum atomic E-state index is 0.0641. The van der Waals surface area contributed by atoms with Crippen molar-refractivity contribution in [2.75, 3.05) is 6.61 Å². The summed E-state index contributed by atoms with van der Waals surface area (Å²) < 4.78 is 5.64. The minimum absolute atomic E-state index is 0.0641.